The highest BCUT2D eigenvalue weighted by Gasteiger charge is 2.27. The average Bonchev–Trinajstić information content (AvgIpc) is 2.55. The Balaban J connectivity index is 2.28. The quantitative estimate of drug-likeness (QED) is 0.572. The lowest BCUT2D eigenvalue weighted by molar-refractivity contribution is -0.134. The van der Waals surface area contributed by atoms with Crippen LogP contribution in [0.5, 0.6) is 0 Å². The van der Waals surface area contributed by atoms with Gasteiger partial charge in [-0.25, -0.2) is 0 Å². The smallest absolute Gasteiger partial charge is 0.237 e. The Labute approximate surface area is 139 Å². The van der Waals surface area contributed by atoms with Crippen LogP contribution in [-0.4, -0.2) is 80.1 Å². The van der Waals surface area contributed by atoms with Gasteiger partial charge in [-0.05, 0) is 26.7 Å². The van der Waals surface area contributed by atoms with Gasteiger partial charge >= 0.3 is 0 Å². The van der Waals surface area contributed by atoms with Crippen LogP contribution in [0.2, 0.25) is 0 Å². The molecule has 2 amide bonds. The highest BCUT2D eigenvalue weighted by Crippen LogP contribution is 2.09. The van der Waals surface area contributed by atoms with Gasteiger partial charge in [-0.1, -0.05) is 0 Å². The van der Waals surface area contributed by atoms with Crippen molar-refractivity contribution in [2.45, 2.75) is 45.2 Å². The van der Waals surface area contributed by atoms with Gasteiger partial charge in [0.1, 0.15) is 0 Å². The van der Waals surface area contributed by atoms with Crippen molar-refractivity contribution in [1.82, 2.24) is 15.1 Å². The second-order valence-electron chi connectivity index (χ2n) is 6.25. The molecule has 134 valence electrons. The molecule has 0 saturated carbocycles. The number of ether oxygens (including phenoxy) is 1. The van der Waals surface area contributed by atoms with E-state index in [1.165, 1.54) is 0 Å². The number of rotatable bonds is 9. The molecule has 1 aliphatic heterocycles. The molecule has 0 aromatic heterocycles. The zero-order chi connectivity index (χ0) is 17.2. The first-order chi connectivity index (χ1) is 11.0. The molecular formula is C16H32N4O3. The summed E-state index contributed by atoms with van der Waals surface area (Å²) in [6.07, 6.45) is 2.04. The van der Waals surface area contributed by atoms with Crippen molar-refractivity contribution in [2.75, 3.05) is 46.4 Å². The summed E-state index contributed by atoms with van der Waals surface area (Å²) in [6.45, 7) is 7.94. The zero-order valence-corrected chi connectivity index (χ0v) is 14.7. The Kier molecular flexibility index (Phi) is 9.13. The lowest BCUT2D eigenvalue weighted by atomic mass is 10.1. The first kappa shape index (κ1) is 19.9. The summed E-state index contributed by atoms with van der Waals surface area (Å²) in [7, 11) is 1.65. The first-order valence-electron chi connectivity index (χ1n) is 8.49. The number of methoxy groups -OCH3 is 1. The number of nitrogens with one attached hydrogen (secondary N) is 1. The number of carbonyl (C=O) groups is 2. The number of carbonyl (C=O) groups excluding carboxylic acids is 2. The topological polar surface area (TPSA) is 87.9 Å². The molecular weight excluding hydrogens is 296 g/mol. The molecule has 1 saturated heterocycles. The second kappa shape index (κ2) is 10.6. The summed E-state index contributed by atoms with van der Waals surface area (Å²) >= 11 is 0. The van der Waals surface area contributed by atoms with E-state index in [0.717, 1.165) is 25.9 Å². The van der Waals surface area contributed by atoms with Crippen molar-refractivity contribution in [2.24, 2.45) is 5.73 Å². The number of amides is 2. The van der Waals surface area contributed by atoms with E-state index in [4.69, 9.17) is 10.5 Å². The van der Waals surface area contributed by atoms with E-state index in [9.17, 15) is 9.59 Å². The van der Waals surface area contributed by atoms with Crippen LogP contribution in [0.3, 0.4) is 0 Å². The van der Waals surface area contributed by atoms with E-state index in [0.29, 0.717) is 32.7 Å². The summed E-state index contributed by atoms with van der Waals surface area (Å²) in [5.41, 5.74) is 5.69. The lowest BCUT2D eigenvalue weighted by Gasteiger charge is -2.37. The second-order valence-corrected chi connectivity index (χ2v) is 6.25. The van der Waals surface area contributed by atoms with E-state index in [1.54, 1.807) is 7.11 Å². The van der Waals surface area contributed by atoms with E-state index in [1.807, 2.05) is 18.7 Å². The summed E-state index contributed by atoms with van der Waals surface area (Å²) in [5, 5.41) is 2.93. The number of hydrogen-bond acceptors (Lipinski definition) is 5. The predicted octanol–water partition coefficient (Wildman–Crippen LogP) is -0.201. The molecule has 7 nitrogen and oxygen atoms in total. The molecule has 23 heavy (non-hydrogen) atoms. The third kappa shape index (κ3) is 7.28. The molecule has 1 rings (SSSR count). The van der Waals surface area contributed by atoms with Crippen LogP contribution in [0, 0.1) is 0 Å². The number of hydrogen-bond donors (Lipinski definition) is 2. The fraction of sp³-hybridized carbons (Fsp3) is 0.875. The molecule has 0 aromatic carbocycles. The lowest BCUT2D eigenvalue weighted by Crippen LogP contribution is -2.55. The molecule has 3 N–H and O–H groups in total. The number of nitrogens with two attached hydrogens (primary N) is 1. The molecule has 1 fully saturated rings. The van der Waals surface area contributed by atoms with Crippen molar-refractivity contribution in [3.63, 3.8) is 0 Å². The van der Waals surface area contributed by atoms with Crippen LogP contribution in [0.15, 0.2) is 0 Å². The molecule has 0 spiro atoms. The average molecular weight is 328 g/mol. The van der Waals surface area contributed by atoms with Gasteiger partial charge < -0.3 is 20.7 Å². The van der Waals surface area contributed by atoms with Crippen molar-refractivity contribution in [3.05, 3.63) is 0 Å². The van der Waals surface area contributed by atoms with Crippen molar-refractivity contribution < 1.29 is 14.3 Å². The van der Waals surface area contributed by atoms with Crippen LogP contribution < -0.4 is 11.1 Å². The summed E-state index contributed by atoms with van der Waals surface area (Å²) in [6, 6.07) is -0.110. The van der Waals surface area contributed by atoms with Crippen molar-refractivity contribution >= 4 is 11.8 Å². The molecule has 1 aliphatic rings. The van der Waals surface area contributed by atoms with Crippen molar-refractivity contribution in [1.29, 1.82) is 0 Å². The normalized spacial score (nSPS) is 18.5. The van der Waals surface area contributed by atoms with Gasteiger partial charge in [0.25, 0.3) is 0 Å². The molecule has 1 heterocycles. The van der Waals surface area contributed by atoms with Gasteiger partial charge in [0.05, 0.1) is 6.04 Å². The van der Waals surface area contributed by atoms with E-state index in [2.05, 4.69) is 10.2 Å². The van der Waals surface area contributed by atoms with Gasteiger partial charge in [-0.2, -0.15) is 0 Å². The fourth-order valence-corrected chi connectivity index (χ4v) is 2.61. The molecule has 0 bridgehead atoms. The summed E-state index contributed by atoms with van der Waals surface area (Å²) in [5.74, 6) is 0.205. The minimum absolute atomic E-state index is 0.0397. The van der Waals surface area contributed by atoms with E-state index < -0.39 is 0 Å². The molecule has 0 aliphatic carbocycles. The highest BCUT2D eigenvalue weighted by molar-refractivity contribution is 5.81. The molecule has 2 unspecified atom stereocenters. The van der Waals surface area contributed by atoms with Gasteiger partial charge in [-0.3, -0.25) is 14.5 Å². The van der Waals surface area contributed by atoms with E-state index in [-0.39, 0.29) is 23.9 Å². The Morgan fingerprint density at radius 2 is 1.87 bits per heavy atom. The molecule has 0 radical (unpaired) electrons. The van der Waals surface area contributed by atoms with Crippen LogP contribution in [0.25, 0.3) is 0 Å². The summed E-state index contributed by atoms with van der Waals surface area (Å²) < 4.78 is 4.96. The molecule has 7 heteroatoms. The Bertz CT molecular complexity index is 368. The van der Waals surface area contributed by atoms with Crippen LogP contribution >= 0.6 is 0 Å². The minimum atomic E-state index is -0.168. The van der Waals surface area contributed by atoms with Gasteiger partial charge in [0, 0.05) is 58.9 Å². The van der Waals surface area contributed by atoms with Gasteiger partial charge in [0.2, 0.25) is 11.8 Å². The van der Waals surface area contributed by atoms with Crippen LogP contribution in [-0.2, 0) is 14.3 Å². The molecule has 2 atom stereocenters. The zero-order valence-electron chi connectivity index (χ0n) is 14.7. The minimum Gasteiger partial charge on any atom is -0.385 e. The maximum absolute atomic E-state index is 12.1. The third-order valence-corrected chi connectivity index (χ3v) is 4.23. The maximum atomic E-state index is 12.1. The van der Waals surface area contributed by atoms with Crippen LogP contribution in [0.4, 0.5) is 0 Å². The monoisotopic (exact) mass is 328 g/mol. The molecule has 0 aromatic rings. The number of nitrogens with zero attached hydrogens (tertiary/aromatic N) is 2. The Hall–Kier alpha value is -1.18. The largest absolute Gasteiger partial charge is 0.385 e. The number of piperazine rings is 1. The van der Waals surface area contributed by atoms with Crippen molar-refractivity contribution in [3.8, 4) is 0 Å². The fourth-order valence-electron chi connectivity index (χ4n) is 2.61. The SMILES string of the molecule is COCCCNC(=O)C(C)N1CCN(C(=O)CCC(C)N)CC1. The Morgan fingerprint density at radius 3 is 2.43 bits per heavy atom. The first-order valence-corrected chi connectivity index (χ1v) is 8.49. The maximum Gasteiger partial charge on any atom is 0.237 e. The standard InChI is InChI=1S/C16H32N4O3/c1-13(17)5-6-15(21)20-10-8-19(9-11-20)14(2)16(22)18-7-4-12-23-3/h13-14H,4-12,17H2,1-3H3,(H,18,22). The third-order valence-electron chi connectivity index (χ3n) is 4.23. The predicted molar refractivity (Wildman–Crippen MR) is 90.0 cm³/mol. The van der Waals surface area contributed by atoms with Gasteiger partial charge in [0.15, 0.2) is 0 Å². The highest BCUT2D eigenvalue weighted by atomic mass is 16.5. The van der Waals surface area contributed by atoms with E-state index >= 15 is 0 Å². The summed E-state index contributed by atoms with van der Waals surface area (Å²) in [4.78, 5) is 28.2. The van der Waals surface area contributed by atoms with Gasteiger partial charge in [-0.15, -0.1) is 0 Å². The Morgan fingerprint density at radius 1 is 1.22 bits per heavy atom. The van der Waals surface area contributed by atoms with Crippen LogP contribution in [0.1, 0.15) is 33.1 Å².